The van der Waals surface area contributed by atoms with Gasteiger partial charge in [-0.05, 0) is 28.2 Å². The first kappa shape index (κ1) is 13.6. The van der Waals surface area contributed by atoms with Gasteiger partial charge in [-0.2, -0.15) is 0 Å². The normalized spacial score (nSPS) is 10.8. The second-order valence-corrected chi connectivity index (χ2v) is 4.31. The Labute approximate surface area is 109 Å². The standard InChI is InChI=1S/C9H7ClF2INO2/c10-2-5-7(9(11)12)8(13)4(3-14-5)1-6(15)16/h3,9H,1-2H2,(H,15,16). The number of halogens is 4. The summed E-state index contributed by atoms with van der Waals surface area (Å²) in [6.07, 6.45) is -1.76. The molecular formula is C9H7ClF2INO2. The SMILES string of the molecule is O=C(O)Cc1cnc(CCl)c(C(F)F)c1I. The Morgan fingerprint density at radius 3 is 2.69 bits per heavy atom. The van der Waals surface area contributed by atoms with Gasteiger partial charge in [0.2, 0.25) is 0 Å². The highest BCUT2D eigenvalue weighted by Crippen LogP contribution is 2.30. The van der Waals surface area contributed by atoms with Gasteiger partial charge in [-0.15, -0.1) is 11.6 Å². The molecule has 0 fully saturated rings. The van der Waals surface area contributed by atoms with Crippen LogP contribution < -0.4 is 0 Å². The van der Waals surface area contributed by atoms with Crippen LogP contribution in [-0.2, 0) is 17.1 Å². The first-order valence-electron chi connectivity index (χ1n) is 4.19. The summed E-state index contributed by atoms with van der Waals surface area (Å²) < 4.78 is 25.7. The molecule has 0 saturated heterocycles. The molecular weight excluding hydrogens is 354 g/mol. The molecule has 0 unspecified atom stereocenters. The molecule has 1 heterocycles. The highest BCUT2D eigenvalue weighted by Gasteiger charge is 2.21. The van der Waals surface area contributed by atoms with E-state index in [1.165, 1.54) is 6.20 Å². The number of nitrogens with zero attached hydrogens (tertiary/aromatic N) is 1. The van der Waals surface area contributed by atoms with Gasteiger partial charge in [0.25, 0.3) is 6.43 Å². The van der Waals surface area contributed by atoms with Crippen LogP contribution in [0.15, 0.2) is 6.20 Å². The van der Waals surface area contributed by atoms with E-state index in [2.05, 4.69) is 4.98 Å². The van der Waals surface area contributed by atoms with Gasteiger partial charge >= 0.3 is 5.97 Å². The van der Waals surface area contributed by atoms with Crippen molar-refractivity contribution in [1.82, 2.24) is 4.98 Å². The number of rotatable bonds is 4. The van der Waals surface area contributed by atoms with Crippen LogP contribution in [-0.4, -0.2) is 16.1 Å². The average Bonchev–Trinajstić information content (AvgIpc) is 2.19. The number of pyridine rings is 1. The van der Waals surface area contributed by atoms with E-state index < -0.39 is 12.4 Å². The molecule has 0 atom stereocenters. The third-order valence-electron chi connectivity index (χ3n) is 1.89. The number of aliphatic carboxylic acids is 1. The Hall–Kier alpha value is -0.500. The van der Waals surface area contributed by atoms with E-state index in [4.69, 9.17) is 16.7 Å². The van der Waals surface area contributed by atoms with Crippen LogP contribution >= 0.6 is 34.2 Å². The van der Waals surface area contributed by atoms with E-state index in [0.717, 1.165) is 0 Å². The van der Waals surface area contributed by atoms with E-state index in [0.29, 0.717) is 0 Å². The molecule has 16 heavy (non-hydrogen) atoms. The molecule has 0 amide bonds. The number of carboxylic acids is 1. The van der Waals surface area contributed by atoms with Crippen molar-refractivity contribution in [2.24, 2.45) is 0 Å². The van der Waals surface area contributed by atoms with Gasteiger partial charge in [0.15, 0.2) is 0 Å². The maximum atomic E-state index is 12.7. The molecule has 1 N–H and O–H groups in total. The van der Waals surface area contributed by atoms with Gasteiger partial charge in [-0.1, -0.05) is 0 Å². The summed E-state index contributed by atoms with van der Waals surface area (Å²) in [6, 6.07) is 0. The highest BCUT2D eigenvalue weighted by atomic mass is 127. The van der Waals surface area contributed by atoms with Crippen molar-refractivity contribution in [2.45, 2.75) is 18.7 Å². The van der Waals surface area contributed by atoms with Gasteiger partial charge in [0.1, 0.15) is 0 Å². The number of alkyl halides is 3. The molecule has 1 aromatic heterocycles. The predicted octanol–water partition coefficient (Wildman–Crippen LogP) is 2.99. The van der Waals surface area contributed by atoms with Crippen LogP contribution in [0.5, 0.6) is 0 Å². The monoisotopic (exact) mass is 361 g/mol. The Kier molecular flexibility index (Phi) is 4.85. The van der Waals surface area contributed by atoms with Gasteiger partial charge in [0.05, 0.1) is 23.6 Å². The fraction of sp³-hybridized carbons (Fsp3) is 0.333. The molecule has 0 aliphatic carbocycles. The molecule has 88 valence electrons. The quantitative estimate of drug-likeness (QED) is 0.662. The predicted molar refractivity (Wildman–Crippen MR) is 62.8 cm³/mol. The second kappa shape index (κ2) is 5.72. The third-order valence-corrected chi connectivity index (χ3v) is 3.42. The molecule has 3 nitrogen and oxygen atoms in total. The molecule has 0 bridgehead atoms. The minimum Gasteiger partial charge on any atom is -0.481 e. The minimum atomic E-state index is -2.71. The molecule has 0 aliphatic heterocycles. The zero-order valence-corrected chi connectivity index (χ0v) is 10.8. The Bertz CT molecular complexity index is 415. The lowest BCUT2D eigenvalue weighted by Crippen LogP contribution is -2.08. The second-order valence-electron chi connectivity index (χ2n) is 2.96. The van der Waals surface area contributed by atoms with Gasteiger partial charge in [0, 0.05) is 9.77 Å². The lowest BCUT2D eigenvalue weighted by molar-refractivity contribution is -0.136. The first-order valence-corrected chi connectivity index (χ1v) is 5.80. The molecule has 7 heteroatoms. The largest absolute Gasteiger partial charge is 0.481 e. The molecule has 1 rings (SSSR count). The summed E-state index contributed by atoms with van der Waals surface area (Å²) in [6.45, 7) is 0. The van der Waals surface area contributed by atoms with Crippen molar-refractivity contribution in [3.8, 4) is 0 Å². The lowest BCUT2D eigenvalue weighted by atomic mass is 10.1. The maximum Gasteiger partial charge on any atom is 0.307 e. The molecule has 0 aromatic carbocycles. The summed E-state index contributed by atoms with van der Waals surface area (Å²) in [5.41, 5.74) is 0.0989. The Balaban J connectivity index is 3.26. The zero-order chi connectivity index (χ0) is 12.3. The summed E-state index contributed by atoms with van der Waals surface area (Å²) >= 11 is 7.19. The molecule has 1 aromatic rings. The van der Waals surface area contributed by atoms with Crippen LogP contribution in [0.1, 0.15) is 23.2 Å². The van der Waals surface area contributed by atoms with Crippen LogP contribution in [0.3, 0.4) is 0 Å². The maximum absolute atomic E-state index is 12.7. The van der Waals surface area contributed by atoms with Crippen molar-refractivity contribution in [1.29, 1.82) is 0 Å². The fourth-order valence-corrected chi connectivity index (χ4v) is 2.29. The van der Waals surface area contributed by atoms with Crippen molar-refractivity contribution in [3.63, 3.8) is 0 Å². The zero-order valence-electron chi connectivity index (χ0n) is 7.88. The Morgan fingerprint density at radius 1 is 1.62 bits per heavy atom. The first-order chi connectivity index (χ1) is 7.47. The van der Waals surface area contributed by atoms with E-state index >= 15 is 0 Å². The number of hydrogen-bond donors (Lipinski definition) is 1. The minimum absolute atomic E-state index is 0.0928. The lowest BCUT2D eigenvalue weighted by Gasteiger charge is -2.11. The van der Waals surface area contributed by atoms with E-state index in [1.807, 2.05) is 0 Å². The molecule has 0 spiro atoms. The topological polar surface area (TPSA) is 50.2 Å². The van der Waals surface area contributed by atoms with Gasteiger partial charge in [-0.25, -0.2) is 8.78 Å². The van der Waals surface area contributed by atoms with Crippen molar-refractivity contribution in [2.75, 3.05) is 0 Å². The van der Waals surface area contributed by atoms with Crippen LogP contribution in [0.4, 0.5) is 8.78 Å². The Morgan fingerprint density at radius 2 is 2.25 bits per heavy atom. The summed E-state index contributed by atoms with van der Waals surface area (Å²) in [5.74, 6) is -1.21. The van der Waals surface area contributed by atoms with E-state index in [1.54, 1.807) is 22.6 Å². The smallest absolute Gasteiger partial charge is 0.307 e. The van der Waals surface area contributed by atoms with Crippen LogP contribution in [0.2, 0.25) is 0 Å². The summed E-state index contributed by atoms with van der Waals surface area (Å²) in [4.78, 5) is 14.3. The van der Waals surface area contributed by atoms with Crippen molar-refractivity contribution in [3.05, 3.63) is 26.6 Å². The number of carboxylic acid groups (broad SMARTS) is 1. The number of aromatic nitrogens is 1. The summed E-state index contributed by atoms with van der Waals surface area (Å²) in [5, 5.41) is 8.60. The summed E-state index contributed by atoms with van der Waals surface area (Å²) in [7, 11) is 0. The van der Waals surface area contributed by atoms with Gasteiger partial charge < -0.3 is 5.11 Å². The molecule has 0 aliphatic rings. The number of hydrogen-bond acceptors (Lipinski definition) is 2. The molecule has 0 radical (unpaired) electrons. The highest BCUT2D eigenvalue weighted by molar-refractivity contribution is 14.1. The third kappa shape index (κ3) is 3.00. The van der Waals surface area contributed by atoms with Crippen LogP contribution in [0, 0.1) is 3.57 Å². The van der Waals surface area contributed by atoms with Crippen LogP contribution in [0.25, 0.3) is 0 Å². The fourth-order valence-electron chi connectivity index (χ4n) is 1.20. The van der Waals surface area contributed by atoms with Gasteiger partial charge in [-0.3, -0.25) is 9.78 Å². The average molecular weight is 362 g/mol. The van der Waals surface area contributed by atoms with Crippen molar-refractivity contribution >= 4 is 40.2 Å². The van der Waals surface area contributed by atoms with E-state index in [-0.39, 0.29) is 32.7 Å². The molecule has 0 saturated carbocycles. The van der Waals surface area contributed by atoms with Crippen molar-refractivity contribution < 1.29 is 18.7 Å². The number of carbonyl (C=O) groups is 1. The van der Waals surface area contributed by atoms with E-state index in [9.17, 15) is 13.6 Å².